The van der Waals surface area contributed by atoms with E-state index in [4.69, 9.17) is 0 Å². The molecule has 1 aromatic heterocycles. The van der Waals surface area contributed by atoms with Gasteiger partial charge in [-0.3, -0.25) is 5.01 Å². The van der Waals surface area contributed by atoms with Crippen molar-refractivity contribution < 1.29 is 0 Å². The highest BCUT2D eigenvalue weighted by molar-refractivity contribution is 7.19. The van der Waals surface area contributed by atoms with E-state index in [0.717, 1.165) is 35.4 Å². The Kier molecular flexibility index (Phi) is 8.33. The molecule has 0 radical (unpaired) electrons. The van der Waals surface area contributed by atoms with Gasteiger partial charge in [-0.15, -0.1) is 11.3 Å². The minimum absolute atomic E-state index is 0.850. The maximum Gasteiger partial charge on any atom is 0.0640 e. The Morgan fingerprint density at radius 2 is 1.70 bits per heavy atom. The standard InChI is InChI=1S/C37H36N2S/c1-6-12-33-34-23-21-31(25-37(34)40-36(33)8-3)30-20-22-32(24-30)38-39(5)35(13-7-2)26(4)27-16-18-29(19-17-27)28-14-10-9-11-15-28/h6-7,9-23,25,38H,2,4,8,24H2,1,3,5H3/b12-6-,35-13+. The molecule has 4 aromatic rings. The predicted octanol–water partition coefficient (Wildman–Crippen LogP) is 10.1. The number of allylic oxidation sites excluding steroid dienone is 7. The minimum atomic E-state index is 0.850. The second kappa shape index (κ2) is 12.2. The van der Waals surface area contributed by atoms with Crippen LogP contribution >= 0.6 is 11.3 Å². The summed E-state index contributed by atoms with van der Waals surface area (Å²) in [5, 5.41) is 3.39. The summed E-state index contributed by atoms with van der Waals surface area (Å²) in [6, 6.07) is 25.9. The van der Waals surface area contributed by atoms with Crippen LogP contribution in [0.25, 0.3) is 38.4 Å². The number of hydrogen-bond donors (Lipinski definition) is 1. The van der Waals surface area contributed by atoms with Gasteiger partial charge in [-0.25, -0.2) is 0 Å². The van der Waals surface area contributed by atoms with E-state index in [2.05, 4.69) is 123 Å². The third-order valence-electron chi connectivity index (χ3n) is 7.30. The molecule has 40 heavy (non-hydrogen) atoms. The van der Waals surface area contributed by atoms with Gasteiger partial charge in [0.05, 0.1) is 5.70 Å². The highest BCUT2D eigenvalue weighted by Crippen LogP contribution is 2.37. The molecule has 0 bridgehead atoms. The smallest absolute Gasteiger partial charge is 0.0640 e. The van der Waals surface area contributed by atoms with Crippen molar-refractivity contribution in [3.8, 4) is 11.1 Å². The van der Waals surface area contributed by atoms with Gasteiger partial charge in [-0.1, -0.05) is 111 Å². The molecule has 0 saturated heterocycles. The zero-order chi connectivity index (χ0) is 28.1. The maximum absolute atomic E-state index is 4.43. The van der Waals surface area contributed by atoms with Crippen LogP contribution in [0.3, 0.4) is 0 Å². The molecule has 5 rings (SSSR count). The zero-order valence-corrected chi connectivity index (χ0v) is 24.4. The van der Waals surface area contributed by atoms with Gasteiger partial charge in [0, 0.05) is 28.7 Å². The monoisotopic (exact) mass is 540 g/mol. The van der Waals surface area contributed by atoms with E-state index in [-0.39, 0.29) is 0 Å². The maximum atomic E-state index is 4.43. The van der Waals surface area contributed by atoms with Crippen molar-refractivity contribution in [1.82, 2.24) is 10.4 Å². The summed E-state index contributed by atoms with van der Waals surface area (Å²) in [6.45, 7) is 12.7. The normalized spacial score (nSPS) is 13.4. The molecule has 0 atom stereocenters. The van der Waals surface area contributed by atoms with E-state index in [1.165, 1.54) is 42.8 Å². The number of likely N-dealkylation sites (N-methyl/N-ethyl adjacent to an activating group) is 1. The quantitative estimate of drug-likeness (QED) is 0.159. The highest BCUT2D eigenvalue weighted by Gasteiger charge is 2.17. The van der Waals surface area contributed by atoms with Gasteiger partial charge in [0.1, 0.15) is 0 Å². The van der Waals surface area contributed by atoms with Crippen LogP contribution in [0.1, 0.15) is 41.8 Å². The van der Waals surface area contributed by atoms with Crippen molar-refractivity contribution in [2.45, 2.75) is 26.7 Å². The number of aryl methyl sites for hydroxylation is 1. The number of benzene rings is 3. The molecule has 1 heterocycles. The molecule has 0 amide bonds. The largest absolute Gasteiger partial charge is 0.302 e. The molecule has 3 aromatic carbocycles. The van der Waals surface area contributed by atoms with E-state index in [1.807, 2.05) is 41.6 Å². The third kappa shape index (κ3) is 5.66. The van der Waals surface area contributed by atoms with Crippen molar-refractivity contribution in [3.05, 3.63) is 149 Å². The van der Waals surface area contributed by atoms with E-state index in [1.54, 1.807) is 0 Å². The van der Waals surface area contributed by atoms with Gasteiger partial charge in [0.25, 0.3) is 0 Å². The number of fused-ring (bicyclic) bond motifs is 1. The first kappa shape index (κ1) is 27.2. The Morgan fingerprint density at radius 1 is 0.975 bits per heavy atom. The molecule has 0 spiro atoms. The van der Waals surface area contributed by atoms with Gasteiger partial charge in [-0.2, -0.15) is 0 Å². The fourth-order valence-electron chi connectivity index (χ4n) is 5.22. The number of rotatable bonds is 10. The Bertz CT molecular complexity index is 1660. The summed E-state index contributed by atoms with van der Waals surface area (Å²) in [5.74, 6) is 0. The number of hydrazine groups is 1. The molecule has 0 aliphatic heterocycles. The summed E-state index contributed by atoms with van der Waals surface area (Å²) in [6.07, 6.45) is 14.5. The zero-order valence-electron chi connectivity index (χ0n) is 23.6. The van der Waals surface area contributed by atoms with Gasteiger partial charge >= 0.3 is 0 Å². The number of hydrogen-bond acceptors (Lipinski definition) is 3. The molecular weight excluding hydrogens is 504 g/mol. The average molecular weight is 541 g/mol. The average Bonchev–Trinajstić information content (AvgIpc) is 3.60. The van der Waals surface area contributed by atoms with Crippen LogP contribution in [-0.4, -0.2) is 12.1 Å². The molecule has 0 fully saturated rings. The van der Waals surface area contributed by atoms with Gasteiger partial charge in [-0.05, 0) is 75.9 Å². The van der Waals surface area contributed by atoms with E-state index in [9.17, 15) is 0 Å². The topological polar surface area (TPSA) is 15.3 Å². The Balaban J connectivity index is 1.27. The van der Waals surface area contributed by atoms with E-state index in [0.29, 0.717) is 0 Å². The van der Waals surface area contributed by atoms with Gasteiger partial charge in [0.2, 0.25) is 0 Å². The first-order chi connectivity index (χ1) is 19.5. The molecule has 200 valence electrons. The van der Waals surface area contributed by atoms with Crippen LogP contribution in [-0.2, 0) is 6.42 Å². The van der Waals surface area contributed by atoms with Crippen LogP contribution in [0.15, 0.2) is 128 Å². The highest BCUT2D eigenvalue weighted by atomic mass is 32.1. The van der Waals surface area contributed by atoms with Crippen LogP contribution in [0, 0.1) is 0 Å². The predicted molar refractivity (Wildman–Crippen MR) is 177 cm³/mol. The molecular formula is C37H36N2S. The van der Waals surface area contributed by atoms with Crippen molar-refractivity contribution in [2.24, 2.45) is 0 Å². The number of nitrogens with zero attached hydrogens (tertiary/aromatic N) is 1. The van der Waals surface area contributed by atoms with Crippen molar-refractivity contribution in [3.63, 3.8) is 0 Å². The van der Waals surface area contributed by atoms with Crippen LogP contribution in [0.2, 0.25) is 0 Å². The van der Waals surface area contributed by atoms with Gasteiger partial charge < -0.3 is 5.43 Å². The minimum Gasteiger partial charge on any atom is -0.302 e. The lowest BCUT2D eigenvalue weighted by atomic mass is 9.99. The number of nitrogens with one attached hydrogen (secondary N) is 1. The molecule has 2 nitrogen and oxygen atoms in total. The van der Waals surface area contributed by atoms with Crippen molar-refractivity contribution in [1.29, 1.82) is 0 Å². The molecule has 1 aliphatic rings. The lowest BCUT2D eigenvalue weighted by molar-refractivity contribution is 0.349. The van der Waals surface area contributed by atoms with E-state index < -0.39 is 0 Å². The van der Waals surface area contributed by atoms with Crippen LogP contribution in [0.5, 0.6) is 0 Å². The lowest BCUT2D eigenvalue weighted by Gasteiger charge is -2.27. The van der Waals surface area contributed by atoms with Crippen LogP contribution < -0.4 is 5.43 Å². The lowest BCUT2D eigenvalue weighted by Crippen LogP contribution is -2.33. The van der Waals surface area contributed by atoms with Crippen molar-refractivity contribution in [2.75, 3.05) is 7.05 Å². The summed E-state index contributed by atoms with van der Waals surface area (Å²) in [5.41, 5.74) is 14.1. The SMILES string of the molecule is C=C/C=C(\C(=C)c1ccc(-c2ccccc2)cc1)N(C)NC1=CC=C(c2ccc3c(/C=C\C)c(CC)sc3c2)C1. The van der Waals surface area contributed by atoms with E-state index >= 15 is 0 Å². The molecule has 0 unspecified atom stereocenters. The Labute approximate surface area is 242 Å². The summed E-state index contributed by atoms with van der Waals surface area (Å²) in [4.78, 5) is 1.45. The summed E-state index contributed by atoms with van der Waals surface area (Å²) in [7, 11) is 2.03. The number of thiophene rings is 1. The first-order valence-electron chi connectivity index (χ1n) is 13.8. The Hall–Kier alpha value is -4.34. The second-order valence-electron chi connectivity index (χ2n) is 9.94. The Morgan fingerprint density at radius 3 is 2.40 bits per heavy atom. The summed E-state index contributed by atoms with van der Waals surface area (Å²) >= 11 is 1.91. The van der Waals surface area contributed by atoms with Crippen molar-refractivity contribution >= 4 is 38.6 Å². The van der Waals surface area contributed by atoms with Crippen LogP contribution in [0.4, 0.5) is 0 Å². The third-order valence-corrected chi connectivity index (χ3v) is 8.61. The molecule has 0 saturated carbocycles. The van der Waals surface area contributed by atoms with Gasteiger partial charge in [0.15, 0.2) is 0 Å². The second-order valence-corrected chi connectivity index (χ2v) is 11.1. The molecule has 3 heteroatoms. The molecule has 1 N–H and O–H groups in total. The fourth-order valence-corrected chi connectivity index (χ4v) is 6.39. The summed E-state index contributed by atoms with van der Waals surface area (Å²) < 4.78 is 1.35. The fraction of sp³-hybridized carbons (Fsp3) is 0.135. The molecule has 1 aliphatic carbocycles. The first-order valence-corrected chi connectivity index (χ1v) is 14.6.